The van der Waals surface area contributed by atoms with Gasteiger partial charge in [-0.3, -0.25) is 4.79 Å². The number of amides is 1. The molecule has 3 rings (SSSR count). The van der Waals surface area contributed by atoms with E-state index in [0.717, 1.165) is 6.42 Å². The van der Waals surface area contributed by atoms with Crippen molar-refractivity contribution in [1.82, 2.24) is 5.32 Å². The molecule has 1 aliphatic carbocycles. The van der Waals surface area contributed by atoms with Crippen LogP contribution in [0.15, 0.2) is 24.3 Å². The van der Waals surface area contributed by atoms with Crippen molar-refractivity contribution in [2.75, 3.05) is 19.8 Å². The first-order valence-corrected chi connectivity index (χ1v) is 7.72. The molecule has 1 saturated heterocycles. The molecule has 0 spiro atoms. The average Bonchev–Trinajstić information content (AvgIpc) is 3.27. The van der Waals surface area contributed by atoms with Crippen LogP contribution in [0.5, 0.6) is 0 Å². The van der Waals surface area contributed by atoms with Crippen molar-refractivity contribution in [2.24, 2.45) is 5.92 Å². The second-order valence-electron chi connectivity index (χ2n) is 6.36. The molecule has 1 aromatic carbocycles. The smallest absolute Gasteiger partial charge is 0.223 e. The predicted molar refractivity (Wildman–Crippen MR) is 80.0 cm³/mol. The molecular weight excluding hydrogens is 266 g/mol. The number of benzene rings is 1. The number of carbonyl (C=O) groups excluding carboxylic acids is 1. The molecule has 0 bridgehead atoms. The second kappa shape index (κ2) is 5.78. The number of nitrogens with one attached hydrogen (secondary N) is 1. The number of hydrogen-bond donors (Lipinski definition) is 2. The summed E-state index contributed by atoms with van der Waals surface area (Å²) < 4.78 is 5.25. The lowest BCUT2D eigenvalue weighted by Crippen LogP contribution is -2.47. The third kappa shape index (κ3) is 3.27. The molecule has 1 aliphatic heterocycles. The van der Waals surface area contributed by atoms with Gasteiger partial charge < -0.3 is 15.2 Å². The molecule has 1 aromatic rings. The first kappa shape index (κ1) is 14.5. The van der Waals surface area contributed by atoms with Crippen molar-refractivity contribution < 1.29 is 14.6 Å². The Morgan fingerprint density at radius 1 is 1.38 bits per heavy atom. The van der Waals surface area contributed by atoms with E-state index < -0.39 is 5.60 Å². The third-order valence-corrected chi connectivity index (χ3v) is 4.73. The summed E-state index contributed by atoms with van der Waals surface area (Å²) in [7, 11) is 0. The number of ether oxygens (including phenoxy) is 1. The summed E-state index contributed by atoms with van der Waals surface area (Å²) in [5.41, 5.74) is 1.74. The molecule has 2 N–H and O–H groups in total. The number of aryl methyl sites for hydroxylation is 1. The zero-order valence-electron chi connectivity index (χ0n) is 12.5. The van der Waals surface area contributed by atoms with Crippen LogP contribution in [0.4, 0.5) is 0 Å². The topological polar surface area (TPSA) is 58.6 Å². The lowest BCUT2D eigenvalue weighted by atomic mass is 9.94. The first-order valence-electron chi connectivity index (χ1n) is 7.72. The van der Waals surface area contributed by atoms with Gasteiger partial charge in [-0.05, 0) is 30.4 Å². The van der Waals surface area contributed by atoms with E-state index in [-0.39, 0.29) is 11.8 Å². The fraction of sp³-hybridized carbons (Fsp3) is 0.588. The van der Waals surface area contributed by atoms with Crippen LogP contribution in [-0.4, -0.2) is 36.4 Å². The van der Waals surface area contributed by atoms with Gasteiger partial charge in [0.2, 0.25) is 5.91 Å². The lowest BCUT2D eigenvalue weighted by Gasteiger charge is -2.32. The maximum atomic E-state index is 12.2. The standard InChI is InChI=1S/C17H23NO3/c1-12-4-2-3-5-13(12)14-10-15(14)16(19)18-11-17(20)6-8-21-9-7-17/h2-5,14-15,20H,6-11H2,1H3,(H,18,19). The van der Waals surface area contributed by atoms with Gasteiger partial charge in [0, 0.05) is 38.5 Å². The van der Waals surface area contributed by atoms with Crippen molar-refractivity contribution in [1.29, 1.82) is 0 Å². The van der Waals surface area contributed by atoms with E-state index >= 15 is 0 Å². The minimum atomic E-state index is -0.791. The van der Waals surface area contributed by atoms with Crippen LogP contribution in [-0.2, 0) is 9.53 Å². The second-order valence-corrected chi connectivity index (χ2v) is 6.36. The van der Waals surface area contributed by atoms with Crippen LogP contribution in [0, 0.1) is 12.8 Å². The van der Waals surface area contributed by atoms with E-state index in [1.54, 1.807) is 0 Å². The van der Waals surface area contributed by atoms with Gasteiger partial charge in [0.15, 0.2) is 0 Å². The largest absolute Gasteiger partial charge is 0.388 e. The highest BCUT2D eigenvalue weighted by molar-refractivity contribution is 5.83. The van der Waals surface area contributed by atoms with Gasteiger partial charge in [0.05, 0.1) is 5.60 Å². The third-order valence-electron chi connectivity index (χ3n) is 4.73. The molecular formula is C17H23NO3. The fourth-order valence-corrected chi connectivity index (χ4v) is 3.14. The predicted octanol–water partition coefficient (Wildman–Crippen LogP) is 1.76. The normalized spacial score (nSPS) is 27.1. The molecule has 4 nitrogen and oxygen atoms in total. The summed E-state index contributed by atoms with van der Waals surface area (Å²) >= 11 is 0. The Hall–Kier alpha value is -1.39. The molecule has 0 radical (unpaired) electrons. The highest BCUT2D eigenvalue weighted by Crippen LogP contribution is 2.48. The maximum Gasteiger partial charge on any atom is 0.223 e. The Kier molecular flexibility index (Phi) is 4.00. The number of hydrogen-bond acceptors (Lipinski definition) is 3. The van der Waals surface area contributed by atoms with E-state index in [1.165, 1.54) is 11.1 Å². The van der Waals surface area contributed by atoms with Crippen molar-refractivity contribution in [3.63, 3.8) is 0 Å². The molecule has 21 heavy (non-hydrogen) atoms. The van der Waals surface area contributed by atoms with Crippen LogP contribution in [0.25, 0.3) is 0 Å². The van der Waals surface area contributed by atoms with E-state index in [2.05, 4.69) is 24.4 Å². The number of aliphatic hydroxyl groups is 1. The van der Waals surface area contributed by atoms with E-state index in [1.807, 2.05) is 12.1 Å². The minimum absolute atomic E-state index is 0.0644. The van der Waals surface area contributed by atoms with Gasteiger partial charge in [-0.1, -0.05) is 24.3 Å². The highest BCUT2D eigenvalue weighted by Gasteiger charge is 2.45. The Bertz CT molecular complexity index is 523. The Morgan fingerprint density at radius 2 is 2.10 bits per heavy atom. The Labute approximate surface area is 125 Å². The molecule has 1 heterocycles. The van der Waals surface area contributed by atoms with Crippen molar-refractivity contribution >= 4 is 5.91 Å². The van der Waals surface area contributed by atoms with Crippen molar-refractivity contribution in [3.05, 3.63) is 35.4 Å². The molecule has 2 atom stereocenters. The first-order chi connectivity index (χ1) is 10.1. The summed E-state index contributed by atoms with van der Waals surface area (Å²) in [6, 6.07) is 8.25. The molecule has 2 aliphatic rings. The quantitative estimate of drug-likeness (QED) is 0.888. The maximum absolute atomic E-state index is 12.2. The van der Waals surface area contributed by atoms with Crippen LogP contribution < -0.4 is 5.32 Å². The summed E-state index contributed by atoms with van der Waals surface area (Å²) in [4.78, 5) is 12.2. The van der Waals surface area contributed by atoms with E-state index in [0.29, 0.717) is 38.5 Å². The fourth-order valence-electron chi connectivity index (χ4n) is 3.14. The van der Waals surface area contributed by atoms with Crippen molar-refractivity contribution in [3.8, 4) is 0 Å². The molecule has 0 aromatic heterocycles. The number of rotatable bonds is 4. The van der Waals surface area contributed by atoms with Gasteiger partial charge in [0.1, 0.15) is 0 Å². The van der Waals surface area contributed by atoms with Crippen LogP contribution in [0.3, 0.4) is 0 Å². The number of carbonyl (C=O) groups is 1. The zero-order chi connectivity index (χ0) is 14.9. The van der Waals surface area contributed by atoms with E-state index in [4.69, 9.17) is 4.74 Å². The Balaban J connectivity index is 1.53. The van der Waals surface area contributed by atoms with Crippen LogP contribution in [0.1, 0.15) is 36.3 Å². The molecule has 114 valence electrons. The summed E-state index contributed by atoms with van der Waals surface area (Å²) in [6.45, 7) is 3.57. The summed E-state index contributed by atoms with van der Waals surface area (Å²) in [5, 5.41) is 13.3. The molecule has 1 amide bonds. The average molecular weight is 289 g/mol. The van der Waals surface area contributed by atoms with E-state index in [9.17, 15) is 9.90 Å². The molecule has 2 unspecified atom stereocenters. The monoisotopic (exact) mass is 289 g/mol. The lowest BCUT2D eigenvalue weighted by molar-refractivity contribution is -0.125. The van der Waals surface area contributed by atoms with Crippen LogP contribution in [0.2, 0.25) is 0 Å². The molecule has 4 heteroatoms. The van der Waals surface area contributed by atoms with Gasteiger partial charge in [-0.15, -0.1) is 0 Å². The van der Waals surface area contributed by atoms with Gasteiger partial charge in [-0.2, -0.15) is 0 Å². The van der Waals surface area contributed by atoms with Crippen LogP contribution >= 0.6 is 0 Å². The minimum Gasteiger partial charge on any atom is -0.388 e. The highest BCUT2D eigenvalue weighted by atomic mass is 16.5. The molecule has 1 saturated carbocycles. The SMILES string of the molecule is Cc1ccccc1C1CC1C(=O)NCC1(O)CCOCC1. The molecule has 2 fully saturated rings. The summed E-state index contributed by atoms with van der Waals surface area (Å²) in [5.74, 6) is 0.480. The van der Waals surface area contributed by atoms with Gasteiger partial charge in [-0.25, -0.2) is 0 Å². The zero-order valence-corrected chi connectivity index (χ0v) is 12.5. The van der Waals surface area contributed by atoms with Gasteiger partial charge in [0.25, 0.3) is 0 Å². The summed E-state index contributed by atoms with van der Waals surface area (Å²) in [6.07, 6.45) is 2.11. The van der Waals surface area contributed by atoms with Crippen molar-refractivity contribution in [2.45, 2.75) is 37.7 Å². The van der Waals surface area contributed by atoms with Gasteiger partial charge >= 0.3 is 0 Å². The Morgan fingerprint density at radius 3 is 2.81 bits per heavy atom.